The highest BCUT2D eigenvalue weighted by Gasteiger charge is 2.29. The number of rotatable bonds is 8. The minimum Gasteiger partial charge on any atom is -0.462 e. The molecule has 1 heterocycles. The standard InChI is InChI=1S/C21H24N2O4S/c1-4-13(3)17(14-9-7-6-8-10-14)20(24)27-12-16-15(11-22)19(23)28-18(16)21(25)26-5-2/h6-10,13,17H,4-5,12,23H2,1-3H3/t13-,17+/m1/s1. The molecule has 0 aliphatic rings. The topological polar surface area (TPSA) is 102 Å². The molecule has 2 aromatic rings. The van der Waals surface area contributed by atoms with Crippen molar-refractivity contribution >= 4 is 28.3 Å². The van der Waals surface area contributed by atoms with E-state index in [1.165, 1.54) is 0 Å². The summed E-state index contributed by atoms with van der Waals surface area (Å²) in [6.45, 7) is 5.69. The third-order valence-corrected chi connectivity index (χ3v) is 5.63. The van der Waals surface area contributed by atoms with Crippen LogP contribution >= 0.6 is 11.3 Å². The summed E-state index contributed by atoms with van der Waals surface area (Å²) in [5.41, 5.74) is 7.19. The Bertz CT molecular complexity index is 871. The lowest BCUT2D eigenvalue weighted by atomic mass is 9.85. The van der Waals surface area contributed by atoms with E-state index in [4.69, 9.17) is 15.2 Å². The summed E-state index contributed by atoms with van der Waals surface area (Å²) >= 11 is 0.970. The lowest BCUT2D eigenvalue weighted by molar-refractivity contribution is -0.148. The van der Waals surface area contributed by atoms with Gasteiger partial charge in [-0.1, -0.05) is 50.6 Å². The van der Waals surface area contributed by atoms with Gasteiger partial charge in [0.1, 0.15) is 22.6 Å². The van der Waals surface area contributed by atoms with Crippen LogP contribution in [0.5, 0.6) is 0 Å². The van der Waals surface area contributed by atoms with Crippen LogP contribution in [0.4, 0.5) is 5.00 Å². The highest BCUT2D eigenvalue weighted by Crippen LogP contribution is 2.33. The molecule has 0 radical (unpaired) electrons. The number of anilines is 1. The van der Waals surface area contributed by atoms with Crippen LogP contribution in [0, 0.1) is 17.2 Å². The van der Waals surface area contributed by atoms with Gasteiger partial charge >= 0.3 is 11.9 Å². The summed E-state index contributed by atoms with van der Waals surface area (Å²) in [6.07, 6.45) is 0.803. The third kappa shape index (κ3) is 4.70. The molecule has 6 nitrogen and oxygen atoms in total. The fourth-order valence-electron chi connectivity index (χ4n) is 2.93. The van der Waals surface area contributed by atoms with Gasteiger partial charge < -0.3 is 15.2 Å². The van der Waals surface area contributed by atoms with E-state index >= 15 is 0 Å². The summed E-state index contributed by atoms with van der Waals surface area (Å²) in [5, 5.41) is 9.59. The number of nitriles is 1. The molecular weight excluding hydrogens is 376 g/mol. The number of carbonyl (C=O) groups is 2. The van der Waals surface area contributed by atoms with E-state index in [-0.39, 0.29) is 34.6 Å². The maximum absolute atomic E-state index is 12.9. The molecule has 2 N–H and O–H groups in total. The molecule has 0 bridgehead atoms. The lowest BCUT2D eigenvalue weighted by Crippen LogP contribution is -2.22. The Hall–Kier alpha value is -2.85. The highest BCUT2D eigenvalue weighted by molar-refractivity contribution is 7.18. The molecule has 0 saturated heterocycles. The molecule has 0 saturated carbocycles. The van der Waals surface area contributed by atoms with Crippen LogP contribution in [0.1, 0.15) is 59.5 Å². The molecule has 2 atom stereocenters. The van der Waals surface area contributed by atoms with Crippen molar-refractivity contribution < 1.29 is 19.1 Å². The molecule has 1 aromatic carbocycles. The summed E-state index contributed by atoms with van der Waals surface area (Å²) in [6, 6.07) is 11.4. The van der Waals surface area contributed by atoms with Gasteiger partial charge in [-0.05, 0) is 18.4 Å². The number of hydrogen-bond donors (Lipinski definition) is 1. The zero-order valence-electron chi connectivity index (χ0n) is 16.2. The predicted molar refractivity (Wildman–Crippen MR) is 108 cm³/mol. The van der Waals surface area contributed by atoms with Crippen LogP contribution < -0.4 is 5.73 Å². The van der Waals surface area contributed by atoms with Gasteiger partial charge in [0.15, 0.2) is 0 Å². The number of nitrogen functional groups attached to an aromatic ring is 1. The van der Waals surface area contributed by atoms with E-state index in [9.17, 15) is 14.9 Å². The second-order valence-corrected chi connectivity index (χ2v) is 7.42. The second-order valence-electron chi connectivity index (χ2n) is 6.36. The lowest BCUT2D eigenvalue weighted by Gasteiger charge is -2.22. The van der Waals surface area contributed by atoms with Crippen molar-refractivity contribution in [2.45, 2.75) is 39.7 Å². The first-order chi connectivity index (χ1) is 13.4. The van der Waals surface area contributed by atoms with E-state index in [1.807, 2.05) is 50.2 Å². The Morgan fingerprint density at radius 3 is 2.46 bits per heavy atom. The maximum Gasteiger partial charge on any atom is 0.348 e. The number of nitrogens with two attached hydrogens (primary N) is 1. The van der Waals surface area contributed by atoms with Gasteiger partial charge in [0, 0.05) is 5.56 Å². The molecular formula is C21H24N2O4S. The molecule has 0 fully saturated rings. The summed E-state index contributed by atoms with van der Waals surface area (Å²) < 4.78 is 10.6. The molecule has 0 amide bonds. The quantitative estimate of drug-likeness (QED) is 0.665. The Labute approximate surface area is 168 Å². The number of hydrogen-bond acceptors (Lipinski definition) is 7. The molecule has 148 valence electrons. The second kappa shape index (κ2) is 9.90. The molecule has 0 spiro atoms. The fraction of sp³-hybridized carbons (Fsp3) is 0.381. The number of nitrogens with zero attached hydrogens (tertiary/aromatic N) is 1. The van der Waals surface area contributed by atoms with Gasteiger partial charge in [0.2, 0.25) is 0 Å². The van der Waals surface area contributed by atoms with Crippen LogP contribution in [0.15, 0.2) is 30.3 Å². The average molecular weight is 401 g/mol. The summed E-state index contributed by atoms with van der Waals surface area (Å²) in [7, 11) is 0. The van der Waals surface area contributed by atoms with Crippen molar-refractivity contribution in [2.24, 2.45) is 5.92 Å². The van der Waals surface area contributed by atoms with E-state index < -0.39 is 17.9 Å². The largest absolute Gasteiger partial charge is 0.462 e. The average Bonchev–Trinajstić information content (AvgIpc) is 3.02. The first-order valence-corrected chi connectivity index (χ1v) is 9.96. The third-order valence-electron chi connectivity index (χ3n) is 4.59. The Kier molecular flexibility index (Phi) is 7.59. The molecule has 0 unspecified atom stereocenters. The van der Waals surface area contributed by atoms with Gasteiger partial charge in [-0.3, -0.25) is 4.79 Å². The normalized spacial score (nSPS) is 12.6. The number of benzene rings is 1. The predicted octanol–water partition coefficient (Wildman–Crippen LogP) is 4.25. The molecule has 28 heavy (non-hydrogen) atoms. The number of ether oxygens (including phenoxy) is 2. The zero-order chi connectivity index (χ0) is 20.7. The molecule has 2 rings (SSSR count). The van der Waals surface area contributed by atoms with Crippen molar-refractivity contribution in [3.05, 3.63) is 51.9 Å². The van der Waals surface area contributed by atoms with E-state index in [0.717, 1.165) is 23.3 Å². The van der Waals surface area contributed by atoms with Gasteiger partial charge in [-0.2, -0.15) is 5.26 Å². The van der Waals surface area contributed by atoms with Crippen molar-refractivity contribution in [2.75, 3.05) is 12.3 Å². The van der Waals surface area contributed by atoms with Gasteiger partial charge in [-0.15, -0.1) is 11.3 Å². The van der Waals surface area contributed by atoms with Crippen LogP contribution in [0.25, 0.3) is 0 Å². The monoisotopic (exact) mass is 400 g/mol. The Morgan fingerprint density at radius 2 is 1.89 bits per heavy atom. The van der Waals surface area contributed by atoms with Crippen molar-refractivity contribution in [3.8, 4) is 6.07 Å². The summed E-state index contributed by atoms with van der Waals surface area (Å²) in [4.78, 5) is 25.3. The van der Waals surface area contributed by atoms with Crippen molar-refractivity contribution in [3.63, 3.8) is 0 Å². The van der Waals surface area contributed by atoms with Crippen LogP contribution in [0.3, 0.4) is 0 Å². The van der Waals surface area contributed by atoms with Gasteiger partial charge in [0.25, 0.3) is 0 Å². The number of carbonyl (C=O) groups excluding carboxylic acids is 2. The molecule has 1 aromatic heterocycles. The van der Waals surface area contributed by atoms with E-state index in [2.05, 4.69) is 0 Å². The first-order valence-electron chi connectivity index (χ1n) is 9.14. The van der Waals surface area contributed by atoms with Crippen molar-refractivity contribution in [1.82, 2.24) is 0 Å². The van der Waals surface area contributed by atoms with Crippen molar-refractivity contribution in [1.29, 1.82) is 5.26 Å². The number of esters is 2. The Balaban J connectivity index is 2.28. The van der Waals surface area contributed by atoms with Gasteiger partial charge in [0.05, 0.1) is 18.1 Å². The number of thiophene rings is 1. The SMILES string of the molecule is CCOC(=O)c1sc(N)c(C#N)c1COC(=O)[C@H](c1ccccc1)[C@H](C)CC. The maximum atomic E-state index is 12.9. The fourth-order valence-corrected chi connectivity index (χ4v) is 3.85. The zero-order valence-corrected chi connectivity index (χ0v) is 17.0. The highest BCUT2D eigenvalue weighted by atomic mass is 32.1. The summed E-state index contributed by atoms with van der Waals surface area (Å²) in [5.74, 6) is -1.33. The molecule has 0 aliphatic carbocycles. The smallest absolute Gasteiger partial charge is 0.348 e. The first kappa shape index (κ1) is 21.5. The van der Waals surface area contributed by atoms with E-state index in [0.29, 0.717) is 5.56 Å². The van der Waals surface area contributed by atoms with Crippen LogP contribution in [0.2, 0.25) is 0 Å². The minimum atomic E-state index is -0.576. The van der Waals surface area contributed by atoms with E-state index in [1.54, 1.807) is 6.92 Å². The Morgan fingerprint density at radius 1 is 1.21 bits per heavy atom. The van der Waals surface area contributed by atoms with Gasteiger partial charge in [-0.25, -0.2) is 4.79 Å². The molecule has 0 aliphatic heterocycles. The minimum absolute atomic E-state index is 0.0717. The molecule has 7 heteroatoms. The van der Waals surface area contributed by atoms with Crippen LogP contribution in [-0.4, -0.2) is 18.5 Å². The van der Waals surface area contributed by atoms with Crippen LogP contribution in [-0.2, 0) is 20.9 Å².